The van der Waals surface area contributed by atoms with Crippen LogP contribution in [0.4, 0.5) is 0 Å². The van der Waals surface area contributed by atoms with Crippen LogP contribution in [0.5, 0.6) is 0 Å². The summed E-state index contributed by atoms with van der Waals surface area (Å²) in [6.07, 6.45) is 10.7. The van der Waals surface area contributed by atoms with E-state index in [4.69, 9.17) is 9.51 Å². The van der Waals surface area contributed by atoms with Crippen molar-refractivity contribution in [2.24, 2.45) is 45.3 Å². The van der Waals surface area contributed by atoms with Gasteiger partial charge < -0.3 is 4.52 Å². The van der Waals surface area contributed by atoms with E-state index in [0.29, 0.717) is 5.82 Å². The molecule has 1 aromatic heterocycles. The van der Waals surface area contributed by atoms with Crippen molar-refractivity contribution >= 4 is 11.6 Å². The van der Waals surface area contributed by atoms with E-state index in [1.54, 1.807) is 0 Å². The number of hydrogen-bond donors (Lipinski definition) is 0. The van der Waals surface area contributed by atoms with E-state index in [1.807, 2.05) is 32.9 Å². The Labute approximate surface area is 226 Å². The Morgan fingerprint density at radius 1 is 1.00 bits per heavy atom. The molecule has 6 nitrogen and oxygen atoms in total. The molecule has 5 aliphatic carbocycles. The van der Waals surface area contributed by atoms with Crippen LogP contribution in [0, 0.1) is 63.6 Å². The lowest BCUT2D eigenvalue weighted by Crippen LogP contribution is -2.61. The van der Waals surface area contributed by atoms with E-state index in [0.717, 1.165) is 56.4 Å². The normalized spacial score (nSPS) is 43.0. The van der Waals surface area contributed by atoms with Crippen molar-refractivity contribution < 1.29 is 14.1 Å². The SMILES string of the molecule is Cc1noc(C23CCC4C(C(=O)C=C5C6(C)C=C(C#N)C(=O)C(C)(C)C6CCC54C)C2CC(C)(C)CC3)n1. The van der Waals surface area contributed by atoms with Crippen LogP contribution in [0.1, 0.15) is 98.2 Å². The summed E-state index contributed by atoms with van der Waals surface area (Å²) in [5.74, 6) is 1.91. The predicted octanol–water partition coefficient (Wildman–Crippen LogP) is 6.46. The number of Topliss-reactive ketones (excluding diaryl/α,β-unsaturated/α-hetero) is 1. The topological polar surface area (TPSA) is 96.9 Å². The minimum atomic E-state index is -0.637. The minimum Gasteiger partial charge on any atom is -0.339 e. The number of carbonyl (C=O) groups excluding carboxylic acids is 2. The third-order valence-electron chi connectivity index (χ3n) is 12.0. The van der Waals surface area contributed by atoms with E-state index >= 15 is 0 Å². The van der Waals surface area contributed by atoms with Crippen LogP contribution >= 0.6 is 0 Å². The van der Waals surface area contributed by atoms with Crippen LogP contribution < -0.4 is 0 Å². The number of nitrogens with zero attached hydrogens (tertiary/aromatic N) is 3. The molecular weight excluding hydrogens is 474 g/mol. The highest BCUT2D eigenvalue weighted by Gasteiger charge is 2.66. The maximum absolute atomic E-state index is 14.4. The van der Waals surface area contributed by atoms with E-state index in [2.05, 4.69) is 38.9 Å². The Morgan fingerprint density at radius 2 is 1.74 bits per heavy atom. The fraction of sp³-hybridized carbons (Fsp3) is 0.719. The molecule has 6 heteroatoms. The maximum atomic E-state index is 14.4. The Balaban J connectivity index is 1.50. The summed E-state index contributed by atoms with van der Waals surface area (Å²) in [6, 6.07) is 2.19. The lowest BCUT2D eigenvalue weighted by Gasteiger charge is -2.64. The van der Waals surface area contributed by atoms with Crippen molar-refractivity contribution in [3.63, 3.8) is 0 Å². The number of ketones is 2. The molecule has 0 N–H and O–H groups in total. The lowest BCUT2D eigenvalue weighted by molar-refractivity contribution is -0.142. The van der Waals surface area contributed by atoms with Gasteiger partial charge in [0.2, 0.25) is 5.89 Å². The third kappa shape index (κ3) is 3.17. The zero-order chi connectivity index (χ0) is 27.5. The molecule has 0 spiro atoms. The molecule has 7 atom stereocenters. The summed E-state index contributed by atoms with van der Waals surface area (Å²) < 4.78 is 5.86. The highest BCUT2D eigenvalue weighted by atomic mass is 16.5. The monoisotopic (exact) mass is 515 g/mol. The molecule has 202 valence electrons. The van der Waals surface area contributed by atoms with Gasteiger partial charge in [0, 0.05) is 16.7 Å². The summed E-state index contributed by atoms with van der Waals surface area (Å²) in [5, 5.41) is 14.0. The first kappa shape index (κ1) is 25.7. The largest absolute Gasteiger partial charge is 0.339 e. The molecule has 6 rings (SSSR count). The van der Waals surface area contributed by atoms with E-state index in [1.165, 1.54) is 0 Å². The van der Waals surface area contributed by atoms with Crippen LogP contribution in [0.3, 0.4) is 0 Å². The van der Waals surface area contributed by atoms with Crippen molar-refractivity contribution in [1.29, 1.82) is 5.26 Å². The van der Waals surface area contributed by atoms with E-state index < -0.39 is 10.8 Å². The average Bonchev–Trinajstić information content (AvgIpc) is 3.29. The van der Waals surface area contributed by atoms with Gasteiger partial charge in [-0.2, -0.15) is 10.2 Å². The molecule has 0 amide bonds. The summed E-state index contributed by atoms with van der Waals surface area (Å²) in [5.41, 5.74) is 0.0214. The molecule has 7 unspecified atom stereocenters. The standard InChI is InChI=1S/C32H41N3O3/c1-18-34-27(38-35-18)32-11-8-20-25(21(32)16-28(2,3)12-13-32)22(36)14-24-30(20,6)10-9-23-29(4,5)26(37)19(17-33)15-31(23,24)7/h14-15,20-21,23,25H,8-13,16H2,1-7H3. The zero-order valence-corrected chi connectivity index (χ0v) is 24.0. The molecule has 0 bridgehead atoms. The number of hydrogen-bond acceptors (Lipinski definition) is 6. The van der Waals surface area contributed by atoms with E-state index in [9.17, 15) is 14.9 Å². The molecule has 38 heavy (non-hydrogen) atoms. The first-order valence-electron chi connectivity index (χ1n) is 14.4. The predicted molar refractivity (Wildman–Crippen MR) is 143 cm³/mol. The first-order chi connectivity index (χ1) is 17.7. The Morgan fingerprint density at radius 3 is 2.39 bits per heavy atom. The van der Waals surface area contributed by atoms with E-state index in [-0.39, 0.29) is 57.1 Å². The first-order valence-corrected chi connectivity index (χ1v) is 14.4. The smallest absolute Gasteiger partial charge is 0.233 e. The minimum absolute atomic E-state index is 0.0616. The highest BCUT2D eigenvalue weighted by Crippen LogP contribution is 2.70. The molecule has 1 heterocycles. The molecule has 0 radical (unpaired) electrons. The number of fused-ring (bicyclic) bond motifs is 7. The van der Waals surface area contributed by atoms with Crippen molar-refractivity contribution in [3.05, 3.63) is 35.0 Å². The van der Waals surface area contributed by atoms with Crippen LogP contribution in [-0.4, -0.2) is 21.7 Å². The number of allylic oxidation sites excluding steroid dienone is 4. The quantitative estimate of drug-likeness (QED) is 0.426. The Kier molecular flexibility index (Phi) is 5.26. The Hall–Kier alpha value is -2.55. The number of rotatable bonds is 1. The van der Waals surface area contributed by atoms with Crippen molar-refractivity contribution in [2.45, 2.75) is 98.8 Å². The van der Waals surface area contributed by atoms with Gasteiger partial charge in [-0.3, -0.25) is 9.59 Å². The van der Waals surface area contributed by atoms with Gasteiger partial charge >= 0.3 is 0 Å². The van der Waals surface area contributed by atoms with Gasteiger partial charge in [-0.25, -0.2) is 0 Å². The average molecular weight is 516 g/mol. The molecule has 0 aromatic carbocycles. The molecular formula is C32H41N3O3. The summed E-state index contributed by atoms with van der Waals surface area (Å²) >= 11 is 0. The van der Waals surface area contributed by atoms with Gasteiger partial charge in [0.25, 0.3) is 0 Å². The molecule has 5 aliphatic rings. The number of nitriles is 1. The van der Waals surface area contributed by atoms with Gasteiger partial charge in [-0.15, -0.1) is 0 Å². The fourth-order valence-electron chi connectivity index (χ4n) is 10.1. The van der Waals surface area contributed by atoms with Gasteiger partial charge in [-0.1, -0.05) is 58.3 Å². The van der Waals surface area contributed by atoms with Crippen LogP contribution in [-0.2, 0) is 15.0 Å². The van der Waals surface area contributed by atoms with Gasteiger partial charge in [0.1, 0.15) is 6.07 Å². The number of aromatic nitrogens is 2. The molecule has 3 fully saturated rings. The van der Waals surface area contributed by atoms with Crippen molar-refractivity contribution in [1.82, 2.24) is 10.1 Å². The van der Waals surface area contributed by atoms with Gasteiger partial charge in [0.05, 0.1) is 11.0 Å². The van der Waals surface area contributed by atoms with Crippen LogP contribution in [0.25, 0.3) is 0 Å². The van der Waals surface area contributed by atoms with Gasteiger partial charge in [0.15, 0.2) is 17.4 Å². The molecule has 3 saturated carbocycles. The van der Waals surface area contributed by atoms with Gasteiger partial charge in [-0.05, 0) is 86.5 Å². The molecule has 0 saturated heterocycles. The fourth-order valence-corrected chi connectivity index (χ4v) is 10.1. The molecule has 0 aliphatic heterocycles. The summed E-state index contributed by atoms with van der Waals surface area (Å²) in [6.45, 7) is 15.1. The van der Waals surface area contributed by atoms with Crippen molar-refractivity contribution in [3.8, 4) is 6.07 Å². The maximum Gasteiger partial charge on any atom is 0.233 e. The molecule has 1 aromatic rings. The second-order valence-electron chi connectivity index (χ2n) is 14.9. The lowest BCUT2D eigenvalue weighted by atomic mass is 9.38. The summed E-state index contributed by atoms with van der Waals surface area (Å²) in [7, 11) is 0. The highest BCUT2D eigenvalue weighted by molar-refractivity contribution is 6.04. The second kappa shape index (κ2) is 7.77. The van der Waals surface area contributed by atoms with Crippen LogP contribution in [0.15, 0.2) is 27.8 Å². The number of carbonyl (C=O) groups is 2. The summed E-state index contributed by atoms with van der Waals surface area (Å²) in [4.78, 5) is 32.3. The second-order valence-corrected chi connectivity index (χ2v) is 14.9. The van der Waals surface area contributed by atoms with Crippen molar-refractivity contribution in [2.75, 3.05) is 0 Å². The van der Waals surface area contributed by atoms with Crippen LogP contribution in [0.2, 0.25) is 0 Å². The number of aryl methyl sites for hydroxylation is 1. The Bertz CT molecular complexity index is 1340. The zero-order valence-electron chi connectivity index (χ0n) is 24.0. The third-order valence-corrected chi connectivity index (χ3v) is 12.0.